The molecule has 0 saturated carbocycles. The molecule has 0 atom stereocenters. The molecule has 0 spiro atoms. The molecule has 0 fully saturated rings. The third kappa shape index (κ3) is 2.78. The van der Waals surface area contributed by atoms with Gasteiger partial charge in [-0.15, -0.1) is 0 Å². The van der Waals surface area contributed by atoms with Crippen LogP contribution in [0, 0.1) is 6.92 Å². The predicted octanol–water partition coefficient (Wildman–Crippen LogP) is 3.06. The van der Waals surface area contributed by atoms with Crippen LogP contribution in [0.25, 0.3) is 0 Å². The highest BCUT2D eigenvalue weighted by Gasteiger charge is 2.27. The van der Waals surface area contributed by atoms with Gasteiger partial charge >= 0.3 is 0 Å². The maximum absolute atomic E-state index is 13.0. The van der Waals surface area contributed by atoms with Crippen LogP contribution >= 0.6 is 15.9 Å². The van der Waals surface area contributed by atoms with Crippen molar-refractivity contribution in [1.29, 1.82) is 0 Å². The van der Waals surface area contributed by atoms with Crippen LogP contribution in [0.3, 0.4) is 0 Å². The number of rotatable bonds is 2. The minimum absolute atomic E-state index is 0.324. The molecule has 1 aliphatic rings. The molecule has 1 aliphatic heterocycles. The number of nitrogens with one attached hydrogen (secondary N) is 1. The van der Waals surface area contributed by atoms with Crippen molar-refractivity contribution in [3.05, 3.63) is 58.1 Å². The smallest absolute Gasteiger partial charge is 0.264 e. The number of sulfonamides is 1. The first-order chi connectivity index (χ1) is 10.5. The third-order valence-corrected chi connectivity index (χ3v) is 6.48. The summed E-state index contributed by atoms with van der Waals surface area (Å²) in [6.45, 7) is 3.63. The number of aryl methyl sites for hydroxylation is 1. The summed E-state index contributed by atoms with van der Waals surface area (Å²) in [5.41, 5.74) is 2.66. The van der Waals surface area contributed by atoms with Crippen LogP contribution in [0.5, 0.6) is 0 Å². The lowest BCUT2D eigenvalue weighted by atomic mass is 10.2. The SMILES string of the molecule is Cc1cc(S(=O)(=O)N2CCNCc3ccccc32)ccc1Br. The van der Waals surface area contributed by atoms with Crippen LogP contribution < -0.4 is 9.62 Å². The zero-order valence-corrected chi connectivity index (χ0v) is 14.6. The first kappa shape index (κ1) is 15.5. The number of fused-ring (bicyclic) bond motifs is 1. The van der Waals surface area contributed by atoms with Gasteiger partial charge in [0.2, 0.25) is 0 Å². The quantitative estimate of drug-likeness (QED) is 0.870. The first-order valence-corrected chi connectivity index (χ1v) is 9.31. The maximum atomic E-state index is 13.0. The third-order valence-electron chi connectivity index (χ3n) is 3.78. The fourth-order valence-corrected chi connectivity index (χ4v) is 4.42. The Morgan fingerprint density at radius 3 is 2.73 bits per heavy atom. The molecule has 0 amide bonds. The van der Waals surface area contributed by atoms with Gasteiger partial charge in [-0.2, -0.15) is 0 Å². The zero-order chi connectivity index (χ0) is 15.7. The van der Waals surface area contributed by atoms with Gasteiger partial charge in [0.1, 0.15) is 0 Å². The predicted molar refractivity (Wildman–Crippen MR) is 91.6 cm³/mol. The molecular weight excluding hydrogens is 364 g/mol. The van der Waals surface area contributed by atoms with Crippen molar-refractivity contribution in [3.63, 3.8) is 0 Å². The number of para-hydroxylation sites is 1. The molecule has 6 heteroatoms. The van der Waals surface area contributed by atoms with E-state index in [2.05, 4.69) is 21.2 Å². The highest BCUT2D eigenvalue weighted by Crippen LogP contribution is 2.29. The molecule has 22 heavy (non-hydrogen) atoms. The van der Waals surface area contributed by atoms with Gasteiger partial charge in [-0.25, -0.2) is 8.42 Å². The molecule has 116 valence electrons. The molecular formula is C16H17BrN2O2S. The molecule has 2 aromatic carbocycles. The van der Waals surface area contributed by atoms with Gasteiger partial charge in [0.25, 0.3) is 10.0 Å². The van der Waals surface area contributed by atoms with E-state index >= 15 is 0 Å². The number of halogens is 1. The number of hydrogen-bond donors (Lipinski definition) is 1. The summed E-state index contributed by atoms with van der Waals surface area (Å²) >= 11 is 3.41. The molecule has 0 saturated heterocycles. The summed E-state index contributed by atoms with van der Waals surface area (Å²) < 4.78 is 28.5. The van der Waals surface area contributed by atoms with Gasteiger partial charge in [-0.05, 0) is 42.3 Å². The number of anilines is 1. The summed E-state index contributed by atoms with van der Waals surface area (Å²) in [6, 6.07) is 12.8. The topological polar surface area (TPSA) is 49.4 Å². The Labute approximate surface area is 139 Å². The molecule has 4 nitrogen and oxygen atoms in total. The zero-order valence-electron chi connectivity index (χ0n) is 12.2. The van der Waals surface area contributed by atoms with Crippen LogP contribution in [0.1, 0.15) is 11.1 Å². The van der Waals surface area contributed by atoms with Gasteiger partial charge in [-0.3, -0.25) is 4.31 Å². The van der Waals surface area contributed by atoms with Crippen molar-refractivity contribution in [2.24, 2.45) is 0 Å². The van der Waals surface area contributed by atoms with E-state index in [0.29, 0.717) is 24.5 Å². The second kappa shape index (κ2) is 6.02. The average molecular weight is 381 g/mol. The fourth-order valence-electron chi connectivity index (χ4n) is 2.58. The molecule has 0 bridgehead atoms. The lowest BCUT2D eigenvalue weighted by molar-refractivity contribution is 0.589. The molecule has 2 aromatic rings. The first-order valence-electron chi connectivity index (χ1n) is 7.07. The number of benzene rings is 2. The summed E-state index contributed by atoms with van der Waals surface area (Å²) in [5, 5.41) is 3.26. The van der Waals surface area contributed by atoms with Crippen molar-refractivity contribution in [3.8, 4) is 0 Å². The summed E-state index contributed by atoms with van der Waals surface area (Å²) in [7, 11) is -3.57. The van der Waals surface area contributed by atoms with Gasteiger partial charge in [0.05, 0.1) is 10.6 Å². The minimum Gasteiger partial charge on any atom is -0.311 e. The Hall–Kier alpha value is -1.37. The van der Waals surface area contributed by atoms with Gasteiger partial charge in [0, 0.05) is 24.1 Å². The monoisotopic (exact) mass is 380 g/mol. The Morgan fingerprint density at radius 2 is 1.95 bits per heavy atom. The van der Waals surface area contributed by atoms with Crippen molar-refractivity contribution in [1.82, 2.24) is 5.32 Å². The van der Waals surface area contributed by atoms with Crippen LogP contribution in [-0.4, -0.2) is 21.5 Å². The van der Waals surface area contributed by atoms with Crippen molar-refractivity contribution in [2.45, 2.75) is 18.4 Å². The van der Waals surface area contributed by atoms with Crippen LogP contribution in [0.2, 0.25) is 0 Å². The summed E-state index contributed by atoms with van der Waals surface area (Å²) in [6.07, 6.45) is 0. The summed E-state index contributed by atoms with van der Waals surface area (Å²) in [5.74, 6) is 0. The lowest BCUT2D eigenvalue weighted by Crippen LogP contribution is -2.34. The number of nitrogens with zero attached hydrogens (tertiary/aromatic N) is 1. The Kier molecular flexibility index (Phi) is 4.25. The van der Waals surface area contributed by atoms with E-state index in [4.69, 9.17) is 0 Å². The highest BCUT2D eigenvalue weighted by atomic mass is 79.9. The van der Waals surface area contributed by atoms with Crippen LogP contribution in [0.15, 0.2) is 51.8 Å². The van der Waals surface area contributed by atoms with E-state index in [1.807, 2.05) is 31.2 Å². The Morgan fingerprint density at radius 1 is 1.18 bits per heavy atom. The minimum atomic E-state index is -3.57. The van der Waals surface area contributed by atoms with Crippen LogP contribution in [-0.2, 0) is 16.6 Å². The second-order valence-electron chi connectivity index (χ2n) is 5.29. The Balaban J connectivity index is 2.10. The van der Waals surface area contributed by atoms with Crippen molar-refractivity contribution >= 4 is 31.6 Å². The van der Waals surface area contributed by atoms with E-state index in [9.17, 15) is 8.42 Å². The van der Waals surface area contributed by atoms with E-state index < -0.39 is 10.0 Å². The summed E-state index contributed by atoms with van der Waals surface area (Å²) in [4.78, 5) is 0.324. The number of hydrogen-bond acceptors (Lipinski definition) is 3. The Bertz CT molecular complexity index is 806. The average Bonchev–Trinajstić information content (AvgIpc) is 2.72. The molecule has 0 radical (unpaired) electrons. The van der Waals surface area contributed by atoms with Gasteiger partial charge in [0.15, 0.2) is 0 Å². The van der Waals surface area contributed by atoms with E-state index in [1.54, 1.807) is 18.2 Å². The van der Waals surface area contributed by atoms with Crippen LogP contribution in [0.4, 0.5) is 5.69 Å². The molecule has 0 unspecified atom stereocenters. The second-order valence-corrected chi connectivity index (χ2v) is 8.01. The van der Waals surface area contributed by atoms with Crippen molar-refractivity contribution < 1.29 is 8.42 Å². The van der Waals surface area contributed by atoms with E-state index in [0.717, 1.165) is 21.3 Å². The standard InChI is InChI=1S/C16H17BrN2O2S/c1-12-10-14(6-7-15(12)17)22(20,21)19-9-8-18-11-13-4-2-3-5-16(13)19/h2-7,10,18H,8-9,11H2,1H3. The molecule has 3 rings (SSSR count). The fraction of sp³-hybridized carbons (Fsp3) is 0.250. The molecule has 0 aliphatic carbocycles. The molecule has 0 aromatic heterocycles. The van der Waals surface area contributed by atoms with Gasteiger partial charge in [-0.1, -0.05) is 34.1 Å². The lowest BCUT2D eigenvalue weighted by Gasteiger charge is -2.24. The maximum Gasteiger partial charge on any atom is 0.264 e. The van der Waals surface area contributed by atoms with Crippen molar-refractivity contribution in [2.75, 3.05) is 17.4 Å². The normalized spacial score (nSPS) is 15.3. The largest absolute Gasteiger partial charge is 0.311 e. The highest BCUT2D eigenvalue weighted by molar-refractivity contribution is 9.10. The molecule has 1 N–H and O–H groups in total. The van der Waals surface area contributed by atoms with Gasteiger partial charge < -0.3 is 5.32 Å². The molecule has 1 heterocycles. The van der Waals surface area contributed by atoms with E-state index in [1.165, 1.54) is 4.31 Å². The van der Waals surface area contributed by atoms with E-state index in [-0.39, 0.29) is 0 Å².